The quantitative estimate of drug-likeness (QED) is 0.510. The summed E-state index contributed by atoms with van der Waals surface area (Å²) in [5.74, 6) is -2.48. The van der Waals surface area contributed by atoms with Gasteiger partial charge in [0.15, 0.2) is 10.8 Å². The van der Waals surface area contributed by atoms with Crippen LogP contribution in [0.3, 0.4) is 0 Å². The third-order valence-electron chi connectivity index (χ3n) is 4.68. The van der Waals surface area contributed by atoms with Crippen LogP contribution in [0.1, 0.15) is 33.7 Å². The molecule has 4 rings (SSSR count). The summed E-state index contributed by atoms with van der Waals surface area (Å²) in [6.45, 7) is 0. The van der Waals surface area contributed by atoms with Crippen LogP contribution in [0, 0.1) is 0 Å². The van der Waals surface area contributed by atoms with Gasteiger partial charge in [-0.3, -0.25) is 14.9 Å². The molecule has 0 unspecified atom stereocenters. The first-order chi connectivity index (χ1) is 15.0. The number of aromatic nitrogens is 1. The summed E-state index contributed by atoms with van der Waals surface area (Å²) >= 11 is 0.932. The largest absolute Gasteiger partial charge is 0.476 e. The van der Waals surface area contributed by atoms with Gasteiger partial charge in [0.2, 0.25) is 0 Å². The van der Waals surface area contributed by atoms with Gasteiger partial charge in [-0.2, -0.15) is 0 Å². The van der Waals surface area contributed by atoms with E-state index in [1.807, 2.05) is 0 Å². The van der Waals surface area contributed by atoms with Crippen LogP contribution in [0.5, 0.6) is 0 Å². The number of hydrogen-bond acceptors (Lipinski definition) is 6. The number of carboxylic acid groups (broad SMARTS) is 1. The molecule has 3 aromatic rings. The number of urea groups is 1. The fourth-order valence-electron chi connectivity index (χ4n) is 3.27. The van der Waals surface area contributed by atoms with E-state index in [0.717, 1.165) is 16.2 Å². The van der Waals surface area contributed by atoms with Crippen molar-refractivity contribution < 1.29 is 24.3 Å². The first-order valence-electron chi connectivity index (χ1n) is 9.19. The van der Waals surface area contributed by atoms with E-state index >= 15 is 0 Å². The summed E-state index contributed by atoms with van der Waals surface area (Å²) in [4.78, 5) is 54.8. The van der Waals surface area contributed by atoms with Gasteiger partial charge < -0.3 is 10.4 Å². The molecule has 31 heavy (non-hydrogen) atoms. The Hall–Kier alpha value is -4.05. The molecular formula is C21H16N4O5S. The van der Waals surface area contributed by atoms with E-state index in [0.29, 0.717) is 11.1 Å². The number of thiazole rings is 1. The predicted molar refractivity (Wildman–Crippen MR) is 111 cm³/mol. The highest BCUT2D eigenvalue weighted by Gasteiger charge is 2.46. The highest BCUT2D eigenvalue weighted by atomic mass is 32.1. The molecule has 0 saturated carbocycles. The summed E-state index contributed by atoms with van der Waals surface area (Å²) in [5, 5.41) is 15.5. The molecule has 2 aromatic carbocycles. The average molecular weight is 436 g/mol. The van der Waals surface area contributed by atoms with Gasteiger partial charge in [0, 0.05) is 5.38 Å². The van der Waals surface area contributed by atoms with Crippen LogP contribution >= 0.6 is 11.3 Å². The maximum atomic E-state index is 13.2. The van der Waals surface area contributed by atoms with E-state index in [2.05, 4.69) is 15.6 Å². The number of amides is 4. The molecule has 9 nitrogen and oxygen atoms in total. The molecule has 1 fully saturated rings. The number of nitrogens with one attached hydrogen (secondary N) is 2. The van der Waals surface area contributed by atoms with Crippen LogP contribution in [-0.4, -0.2) is 38.8 Å². The molecule has 156 valence electrons. The molecule has 10 heteroatoms. The van der Waals surface area contributed by atoms with Crippen molar-refractivity contribution >= 4 is 40.3 Å². The number of carboxylic acids is 1. The summed E-state index contributed by atoms with van der Waals surface area (Å²) in [7, 11) is 0. The van der Waals surface area contributed by atoms with E-state index in [1.54, 1.807) is 60.7 Å². The van der Waals surface area contributed by atoms with Crippen molar-refractivity contribution in [3.63, 3.8) is 0 Å². The highest BCUT2D eigenvalue weighted by Crippen LogP contribution is 2.31. The first-order valence-corrected chi connectivity index (χ1v) is 10.1. The number of carbonyl (C=O) groups excluding carboxylic acids is 3. The van der Waals surface area contributed by atoms with Crippen molar-refractivity contribution in [1.29, 1.82) is 0 Å². The lowest BCUT2D eigenvalue weighted by Crippen LogP contribution is -2.41. The molecule has 2 atom stereocenters. The normalized spacial score (nSPS) is 16.6. The number of imide groups is 1. The lowest BCUT2D eigenvalue weighted by Gasteiger charge is -2.24. The van der Waals surface area contributed by atoms with E-state index in [1.165, 1.54) is 5.38 Å². The van der Waals surface area contributed by atoms with Gasteiger partial charge in [0.25, 0.3) is 11.8 Å². The third kappa shape index (κ3) is 4.01. The van der Waals surface area contributed by atoms with Gasteiger partial charge in [0.05, 0.1) is 0 Å². The first kappa shape index (κ1) is 20.2. The third-order valence-corrected chi connectivity index (χ3v) is 5.44. The number of rotatable bonds is 6. The summed E-state index contributed by atoms with van der Waals surface area (Å²) in [6.07, 6.45) is 0. The maximum Gasteiger partial charge on any atom is 0.355 e. The smallest absolute Gasteiger partial charge is 0.355 e. The molecule has 0 spiro atoms. The molecule has 0 aliphatic carbocycles. The van der Waals surface area contributed by atoms with Gasteiger partial charge in [-0.15, -0.1) is 11.3 Å². The van der Waals surface area contributed by atoms with Gasteiger partial charge >= 0.3 is 12.0 Å². The van der Waals surface area contributed by atoms with Gasteiger partial charge in [-0.05, 0) is 11.1 Å². The minimum absolute atomic E-state index is 0.0509. The molecule has 4 amide bonds. The lowest BCUT2D eigenvalue weighted by molar-refractivity contribution is -0.134. The monoisotopic (exact) mass is 436 g/mol. The molecule has 1 aliphatic rings. The minimum atomic E-state index is -1.26. The Bertz CT molecular complexity index is 1150. The van der Waals surface area contributed by atoms with E-state index in [9.17, 15) is 19.2 Å². The van der Waals surface area contributed by atoms with Gasteiger partial charge in [-0.1, -0.05) is 60.7 Å². The Morgan fingerprint density at radius 1 is 1.06 bits per heavy atom. The fourth-order valence-corrected chi connectivity index (χ4v) is 3.95. The van der Waals surface area contributed by atoms with Crippen molar-refractivity contribution in [3.8, 4) is 0 Å². The Morgan fingerprint density at radius 2 is 1.71 bits per heavy atom. The van der Waals surface area contributed by atoms with Gasteiger partial charge in [0.1, 0.15) is 12.1 Å². The van der Waals surface area contributed by atoms with Crippen molar-refractivity contribution in [2.24, 2.45) is 0 Å². The number of nitrogens with zero attached hydrogens (tertiary/aromatic N) is 2. The van der Waals surface area contributed by atoms with E-state index in [4.69, 9.17) is 5.11 Å². The van der Waals surface area contributed by atoms with Crippen molar-refractivity contribution in [2.75, 3.05) is 5.32 Å². The van der Waals surface area contributed by atoms with Crippen molar-refractivity contribution in [3.05, 3.63) is 82.9 Å². The second-order valence-corrected chi connectivity index (χ2v) is 7.51. The zero-order chi connectivity index (χ0) is 22.0. The highest BCUT2D eigenvalue weighted by molar-refractivity contribution is 7.14. The Balaban J connectivity index is 1.66. The van der Waals surface area contributed by atoms with Crippen molar-refractivity contribution in [1.82, 2.24) is 15.2 Å². The summed E-state index contributed by atoms with van der Waals surface area (Å²) in [6, 6.07) is 14.2. The molecule has 3 N–H and O–H groups in total. The lowest BCUT2D eigenvalue weighted by atomic mass is 10.0. The number of carbonyl (C=O) groups is 4. The van der Waals surface area contributed by atoms with Crippen LogP contribution in [-0.2, 0) is 9.59 Å². The second kappa shape index (κ2) is 8.36. The van der Waals surface area contributed by atoms with E-state index < -0.39 is 35.9 Å². The van der Waals surface area contributed by atoms with Gasteiger partial charge in [-0.25, -0.2) is 19.5 Å². The zero-order valence-electron chi connectivity index (χ0n) is 15.9. The predicted octanol–water partition coefficient (Wildman–Crippen LogP) is 2.81. The molecule has 0 bridgehead atoms. The maximum absolute atomic E-state index is 13.2. The number of benzene rings is 2. The average Bonchev–Trinajstić information content (AvgIpc) is 3.35. The molecule has 1 aliphatic heterocycles. The number of aromatic carboxylic acids is 1. The van der Waals surface area contributed by atoms with Crippen LogP contribution in [0.4, 0.5) is 9.93 Å². The Morgan fingerprint density at radius 3 is 2.32 bits per heavy atom. The summed E-state index contributed by atoms with van der Waals surface area (Å²) in [5.41, 5.74) is 0.810. The standard InChI is InChI=1S/C21H16N4O5S/c26-17(24-20-22-14(11-31-20)19(28)29)16(13-9-5-2-6-10-13)25-18(27)15(23-21(25)30)12-7-3-1-4-8-12/h1-11,15-16H,(H,23,30)(H,28,29)(H,22,24,26)/t15-,16-/m0/s1. The second-order valence-electron chi connectivity index (χ2n) is 6.65. The van der Waals surface area contributed by atoms with Crippen molar-refractivity contribution in [2.45, 2.75) is 12.1 Å². The molecule has 1 saturated heterocycles. The molecule has 1 aromatic heterocycles. The topological polar surface area (TPSA) is 129 Å². The molecule has 2 heterocycles. The van der Waals surface area contributed by atoms with Crippen LogP contribution in [0.25, 0.3) is 0 Å². The van der Waals surface area contributed by atoms with Crippen LogP contribution in [0.15, 0.2) is 66.0 Å². The summed E-state index contributed by atoms with van der Waals surface area (Å²) < 4.78 is 0. The van der Waals surface area contributed by atoms with Crippen LogP contribution in [0.2, 0.25) is 0 Å². The molecule has 0 radical (unpaired) electrons. The Kier molecular flexibility index (Phi) is 5.46. The minimum Gasteiger partial charge on any atom is -0.476 e. The SMILES string of the molecule is O=C(O)c1csc(NC(=O)[C@H](c2ccccc2)N2C(=O)N[C@@H](c3ccccc3)C2=O)n1. The zero-order valence-corrected chi connectivity index (χ0v) is 16.7. The fraction of sp³-hybridized carbons (Fsp3) is 0.0952. The number of anilines is 1. The van der Waals surface area contributed by atoms with Crippen LogP contribution < -0.4 is 10.6 Å². The number of hydrogen-bond donors (Lipinski definition) is 3. The molecular weight excluding hydrogens is 420 g/mol. The van der Waals surface area contributed by atoms with E-state index in [-0.39, 0.29) is 10.8 Å². The Labute approximate surface area is 180 Å².